The average Bonchev–Trinajstić information content (AvgIpc) is 3.35. The Labute approximate surface area is 201 Å². The van der Waals surface area contributed by atoms with E-state index in [1.54, 1.807) is 0 Å². The van der Waals surface area contributed by atoms with Crippen LogP contribution in [-0.2, 0) is 22.6 Å². The summed E-state index contributed by atoms with van der Waals surface area (Å²) in [6.07, 6.45) is 3.38. The number of benzene rings is 3. The Morgan fingerprint density at radius 2 is 1.47 bits per heavy atom. The lowest BCUT2D eigenvalue weighted by atomic mass is 10.1. The molecule has 0 radical (unpaired) electrons. The van der Waals surface area contributed by atoms with Gasteiger partial charge >= 0.3 is 6.09 Å². The lowest BCUT2D eigenvalue weighted by molar-refractivity contribution is -0.121. The summed E-state index contributed by atoms with van der Waals surface area (Å²) in [7, 11) is 0. The number of hydrogen-bond acceptors (Lipinski definition) is 5. The fourth-order valence-corrected chi connectivity index (χ4v) is 3.92. The molecule has 0 saturated carbocycles. The molecule has 7 heteroatoms. The van der Waals surface area contributed by atoms with Gasteiger partial charge in [-0.3, -0.25) is 10.2 Å². The summed E-state index contributed by atoms with van der Waals surface area (Å²) in [6, 6.07) is 27.5. The van der Waals surface area contributed by atoms with Crippen LogP contribution in [0, 0.1) is 0 Å². The normalized spacial score (nSPS) is 10.7. The Balaban J connectivity index is 1.18. The number of hydrogen-bond donors (Lipinski definition) is 2. The number of amides is 2. The second kappa shape index (κ2) is 11.6. The molecule has 0 fully saturated rings. The molecule has 4 aromatic rings. The van der Waals surface area contributed by atoms with Crippen molar-refractivity contribution in [3.63, 3.8) is 0 Å². The van der Waals surface area contributed by atoms with Crippen LogP contribution in [0.4, 0.5) is 4.79 Å². The van der Waals surface area contributed by atoms with Gasteiger partial charge in [0.1, 0.15) is 11.6 Å². The summed E-state index contributed by atoms with van der Waals surface area (Å²) < 4.78 is 5.16. The van der Waals surface area contributed by atoms with E-state index in [1.165, 1.54) is 11.3 Å². The molecular weight excluding hydrogens is 446 g/mol. The van der Waals surface area contributed by atoms with E-state index in [1.807, 2.05) is 102 Å². The summed E-state index contributed by atoms with van der Waals surface area (Å²) in [6.45, 7) is 0.0942. The number of rotatable bonds is 7. The lowest BCUT2D eigenvalue weighted by Crippen LogP contribution is -2.42. The maximum Gasteiger partial charge on any atom is 0.426 e. The third kappa shape index (κ3) is 6.88. The molecule has 0 unspecified atom stereocenters. The van der Waals surface area contributed by atoms with Gasteiger partial charge in [-0.05, 0) is 16.7 Å². The highest BCUT2D eigenvalue weighted by Crippen LogP contribution is 2.23. The fraction of sp³-hybridized carbons (Fsp3) is 0.0741. The molecule has 6 nitrogen and oxygen atoms in total. The zero-order chi connectivity index (χ0) is 23.6. The maximum atomic E-state index is 12.1. The fourth-order valence-electron chi connectivity index (χ4n) is 3.10. The van der Waals surface area contributed by atoms with Gasteiger partial charge in [-0.25, -0.2) is 15.2 Å². The molecule has 0 saturated heterocycles. The van der Waals surface area contributed by atoms with Crippen molar-refractivity contribution in [3.05, 3.63) is 113 Å². The molecule has 0 spiro atoms. The van der Waals surface area contributed by atoms with E-state index in [-0.39, 0.29) is 18.9 Å². The highest BCUT2D eigenvalue weighted by atomic mass is 32.1. The summed E-state index contributed by atoms with van der Waals surface area (Å²) in [5.74, 6) is -0.378. The number of carbonyl (C=O) groups is 2. The van der Waals surface area contributed by atoms with Crippen LogP contribution < -0.4 is 10.9 Å². The number of aromatic nitrogens is 1. The topological polar surface area (TPSA) is 80.3 Å². The molecule has 34 heavy (non-hydrogen) atoms. The molecule has 0 atom stereocenters. The van der Waals surface area contributed by atoms with Crippen LogP contribution in [0.3, 0.4) is 0 Å². The minimum Gasteiger partial charge on any atom is -0.443 e. The number of ether oxygens (including phenoxy) is 1. The van der Waals surface area contributed by atoms with E-state index in [2.05, 4.69) is 15.8 Å². The van der Waals surface area contributed by atoms with Crippen molar-refractivity contribution in [3.8, 4) is 10.6 Å². The van der Waals surface area contributed by atoms with Crippen LogP contribution in [0.1, 0.15) is 22.4 Å². The first-order valence-electron chi connectivity index (χ1n) is 10.7. The molecule has 3 aromatic carbocycles. The predicted octanol–water partition coefficient (Wildman–Crippen LogP) is 5.48. The number of nitrogens with one attached hydrogen (secondary N) is 2. The highest BCUT2D eigenvalue weighted by molar-refractivity contribution is 7.13. The third-order valence-electron chi connectivity index (χ3n) is 4.84. The van der Waals surface area contributed by atoms with Crippen molar-refractivity contribution >= 4 is 35.5 Å². The quantitative estimate of drug-likeness (QED) is 0.277. The van der Waals surface area contributed by atoms with Crippen LogP contribution in [0.5, 0.6) is 0 Å². The van der Waals surface area contributed by atoms with Gasteiger partial charge in [0.2, 0.25) is 5.91 Å². The summed E-state index contributed by atoms with van der Waals surface area (Å²) in [5, 5.41) is 2.68. The van der Waals surface area contributed by atoms with Gasteiger partial charge in [0.25, 0.3) is 0 Å². The van der Waals surface area contributed by atoms with E-state index in [9.17, 15) is 9.59 Å². The molecule has 1 heterocycles. The van der Waals surface area contributed by atoms with Crippen molar-refractivity contribution in [1.29, 1.82) is 0 Å². The average molecular weight is 470 g/mol. The van der Waals surface area contributed by atoms with Gasteiger partial charge in [0.15, 0.2) is 0 Å². The maximum absolute atomic E-state index is 12.1. The van der Waals surface area contributed by atoms with Gasteiger partial charge in [0.05, 0.1) is 12.1 Å². The standard InChI is InChI=1S/C27H23N3O3S/c31-25(17-24-19-34-26(28-24)23-9-5-2-6-10-23)29-30-27(32)33-18-22-15-13-21(14-16-22)12-11-20-7-3-1-4-8-20/h1-16,19H,17-18H2,(H,29,31)(H,30,32)/b12-11+. The Kier molecular flexibility index (Phi) is 7.82. The molecule has 4 rings (SSSR count). The molecule has 170 valence electrons. The van der Waals surface area contributed by atoms with Gasteiger partial charge in [0, 0.05) is 10.9 Å². The first-order chi connectivity index (χ1) is 16.7. The summed E-state index contributed by atoms with van der Waals surface area (Å²) in [4.78, 5) is 28.5. The summed E-state index contributed by atoms with van der Waals surface area (Å²) >= 11 is 1.47. The third-order valence-corrected chi connectivity index (χ3v) is 5.78. The van der Waals surface area contributed by atoms with Crippen LogP contribution in [0.15, 0.2) is 90.3 Å². The molecule has 0 aliphatic heterocycles. The number of hydrazine groups is 1. The molecule has 0 aliphatic rings. The molecule has 2 N–H and O–H groups in total. The van der Waals surface area contributed by atoms with Gasteiger partial charge in [-0.2, -0.15) is 0 Å². The second-order valence-corrected chi connectivity index (χ2v) is 8.28. The van der Waals surface area contributed by atoms with Crippen molar-refractivity contribution in [2.45, 2.75) is 13.0 Å². The second-order valence-electron chi connectivity index (χ2n) is 7.42. The Hall–Kier alpha value is -4.23. The largest absolute Gasteiger partial charge is 0.443 e. The first-order valence-corrected chi connectivity index (χ1v) is 11.6. The smallest absolute Gasteiger partial charge is 0.426 e. The Morgan fingerprint density at radius 3 is 2.18 bits per heavy atom. The number of nitrogens with zero attached hydrogens (tertiary/aromatic N) is 1. The summed E-state index contributed by atoms with van der Waals surface area (Å²) in [5.41, 5.74) is 9.26. The Morgan fingerprint density at radius 1 is 0.824 bits per heavy atom. The van der Waals surface area contributed by atoms with Gasteiger partial charge < -0.3 is 4.74 Å². The van der Waals surface area contributed by atoms with E-state index in [0.717, 1.165) is 27.3 Å². The first kappa shape index (κ1) is 22.9. The highest BCUT2D eigenvalue weighted by Gasteiger charge is 2.10. The van der Waals surface area contributed by atoms with Crippen molar-refractivity contribution in [2.75, 3.05) is 0 Å². The predicted molar refractivity (Wildman–Crippen MR) is 135 cm³/mol. The number of thiazole rings is 1. The van der Waals surface area contributed by atoms with E-state index in [4.69, 9.17) is 4.74 Å². The zero-order valence-electron chi connectivity index (χ0n) is 18.3. The van der Waals surface area contributed by atoms with Crippen LogP contribution >= 0.6 is 11.3 Å². The lowest BCUT2D eigenvalue weighted by Gasteiger charge is -2.08. The van der Waals surface area contributed by atoms with Crippen LogP contribution in [-0.4, -0.2) is 17.0 Å². The Bertz CT molecular complexity index is 1250. The molecule has 2 amide bonds. The van der Waals surface area contributed by atoms with Crippen molar-refractivity contribution in [1.82, 2.24) is 15.8 Å². The zero-order valence-corrected chi connectivity index (χ0v) is 19.1. The van der Waals surface area contributed by atoms with E-state index >= 15 is 0 Å². The molecule has 0 bridgehead atoms. The van der Waals surface area contributed by atoms with E-state index in [0.29, 0.717) is 5.69 Å². The minimum absolute atomic E-state index is 0.0571. The molecular formula is C27H23N3O3S. The van der Waals surface area contributed by atoms with E-state index < -0.39 is 6.09 Å². The molecule has 0 aliphatic carbocycles. The van der Waals surface area contributed by atoms with Crippen molar-refractivity contribution in [2.24, 2.45) is 0 Å². The van der Waals surface area contributed by atoms with Crippen molar-refractivity contribution < 1.29 is 14.3 Å². The SMILES string of the molecule is O=C(Cc1csc(-c2ccccc2)n1)NNC(=O)OCc1ccc(/C=C/c2ccccc2)cc1. The minimum atomic E-state index is -0.732. The monoisotopic (exact) mass is 469 g/mol. The van der Waals surface area contributed by atoms with Gasteiger partial charge in [-0.1, -0.05) is 97.1 Å². The molecule has 1 aromatic heterocycles. The van der Waals surface area contributed by atoms with Gasteiger partial charge in [-0.15, -0.1) is 11.3 Å². The van der Waals surface area contributed by atoms with Crippen LogP contribution in [0.2, 0.25) is 0 Å². The van der Waals surface area contributed by atoms with Crippen LogP contribution in [0.25, 0.3) is 22.7 Å². The number of carbonyl (C=O) groups excluding carboxylic acids is 2.